The SMILES string of the molecule is CCCNC(=O)CCN(C(C)=O)c1ccc(C(C)C)cc1. The van der Waals surface area contributed by atoms with Crippen LogP contribution in [-0.2, 0) is 9.59 Å². The number of nitrogens with zero attached hydrogens (tertiary/aromatic N) is 1. The molecule has 21 heavy (non-hydrogen) atoms. The standard InChI is InChI=1S/C17H26N2O2/c1-5-11-18-17(21)10-12-19(14(4)20)16-8-6-15(7-9-16)13(2)3/h6-9,13H,5,10-12H2,1-4H3,(H,18,21). The van der Waals surface area contributed by atoms with Gasteiger partial charge < -0.3 is 10.2 Å². The number of hydrogen-bond donors (Lipinski definition) is 1. The van der Waals surface area contributed by atoms with Crippen molar-refractivity contribution in [1.29, 1.82) is 0 Å². The average Bonchev–Trinajstić information content (AvgIpc) is 2.45. The molecule has 0 unspecified atom stereocenters. The van der Waals surface area contributed by atoms with Gasteiger partial charge in [-0.15, -0.1) is 0 Å². The minimum absolute atomic E-state index is 0.0121. The summed E-state index contributed by atoms with van der Waals surface area (Å²) in [5.74, 6) is 0.405. The van der Waals surface area contributed by atoms with Crippen LogP contribution >= 0.6 is 0 Å². The lowest BCUT2D eigenvalue weighted by Gasteiger charge is -2.21. The van der Waals surface area contributed by atoms with Crippen LogP contribution in [0.2, 0.25) is 0 Å². The zero-order chi connectivity index (χ0) is 15.8. The summed E-state index contributed by atoms with van der Waals surface area (Å²) < 4.78 is 0. The molecule has 116 valence electrons. The first-order valence-corrected chi connectivity index (χ1v) is 7.60. The van der Waals surface area contributed by atoms with Crippen molar-refractivity contribution in [1.82, 2.24) is 5.32 Å². The topological polar surface area (TPSA) is 49.4 Å². The van der Waals surface area contributed by atoms with Gasteiger partial charge in [0.05, 0.1) is 0 Å². The third-order valence-corrected chi connectivity index (χ3v) is 3.39. The van der Waals surface area contributed by atoms with Crippen LogP contribution in [0.15, 0.2) is 24.3 Å². The van der Waals surface area contributed by atoms with E-state index >= 15 is 0 Å². The molecule has 0 fully saturated rings. The molecule has 0 radical (unpaired) electrons. The molecule has 0 aliphatic carbocycles. The Labute approximate surface area is 127 Å². The van der Waals surface area contributed by atoms with Crippen molar-refractivity contribution in [2.75, 3.05) is 18.0 Å². The molecule has 2 amide bonds. The lowest BCUT2D eigenvalue weighted by Crippen LogP contribution is -2.34. The van der Waals surface area contributed by atoms with Gasteiger partial charge >= 0.3 is 0 Å². The van der Waals surface area contributed by atoms with Crippen LogP contribution in [0.5, 0.6) is 0 Å². The molecule has 4 heteroatoms. The summed E-state index contributed by atoms with van der Waals surface area (Å²) in [7, 11) is 0. The summed E-state index contributed by atoms with van der Waals surface area (Å²) in [4.78, 5) is 25.1. The fraction of sp³-hybridized carbons (Fsp3) is 0.529. The first kappa shape index (κ1) is 17.2. The van der Waals surface area contributed by atoms with Gasteiger partial charge in [-0.05, 0) is 30.0 Å². The average molecular weight is 290 g/mol. The predicted molar refractivity (Wildman–Crippen MR) is 86.5 cm³/mol. The fourth-order valence-electron chi connectivity index (χ4n) is 2.07. The second-order valence-corrected chi connectivity index (χ2v) is 5.52. The van der Waals surface area contributed by atoms with Gasteiger partial charge in [0.25, 0.3) is 0 Å². The second-order valence-electron chi connectivity index (χ2n) is 5.52. The maximum atomic E-state index is 11.8. The summed E-state index contributed by atoms with van der Waals surface area (Å²) in [5, 5.41) is 2.83. The zero-order valence-electron chi connectivity index (χ0n) is 13.5. The van der Waals surface area contributed by atoms with E-state index in [1.165, 1.54) is 12.5 Å². The first-order valence-electron chi connectivity index (χ1n) is 7.60. The normalized spacial score (nSPS) is 10.5. The Morgan fingerprint density at radius 1 is 1.19 bits per heavy atom. The minimum Gasteiger partial charge on any atom is -0.356 e. The van der Waals surface area contributed by atoms with Crippen LogP contribution in [0.25, 0.3) is 0 Å². The van der Waals surface area contributed by atoms with Gasteiger partial charge in [-0.2, -0.15) is 0 Å². The number of rotatable bonds is 7. The summed E-state index contributed by atoms with van der Waals surface area (Å²) in [6, 6.07) is 7.96. The Morgan fingerprint density at radius 3 is 2.29 bits per heavy atom. The Morgan fingerprint density at radius 2 is 1.81 bits per heavy atom. The molecule has 1 aromatic carbocycles. The van der Waals surface area contributed by atoms with E-state index in [4.69, 9.17) is 0 Å². The predicted octanol–water partition coefficient (Wildman–Crippen LogP) is 3.08. The molecule has 0 atom stereocenters. The number of amides is 2. The largest absolute Gasteiger partial charge is 0.356 e. The van der Waals surface area contributed by atoms with Crippen molar-refractivity contribution in [2.45, 2.75) is 46.5 Å². The minimum atomic E-state index is -0.0458. The van der Waals surface area contributed by atoms with Gasteiger partial charge in [0.2, 0.25) is 11.8 Å². The monoisotopic (exact) mass is 290 g/mol. The van der Waals surface area contributed by atoms with E-state index in [-0.39, 0.29) is 11.8 Å². The number of anilines is 1. The lowest BCUT2D eigenvalue weighted by atomic mass is 10.0. The van der Waals surface area contributed by atoms with Gasteiger partial charge in [-0.1, -0.05) is 32.9 Å². The first-order chi connectivity index (χ1) is 9.95. The molecule has 0 aliphatic rings. The highest BCUT2D eigenvalue weighted by molar-refractivity contribution is 5.92. The molecule has 0 aromatic heterocycles. The molecule has 0 bridgehead atoms. The van der Waals surface area contributed by atoms with Crippen LogP contribution in [0.3, 0.4) is 0 Å². The van der Waals surface area contributed by atoms with Crippen molar-refractivity contribution < 1.29 is 9.59 Å². The van der Waals surface area contributed by atoms with E-state index < -0.39 is 0 Å². The van der Waals surface area contributed by atoms with Crippen molar-refractivity contribution in [3.63, 3.8) is 0 Å². The molecular weight excluding hydrogens is 264 g/mol. The van der Waals surface area contributed by atoms with Crippen LogP contribution < -0.4 is 10.2 Å². The second kappa shape index (κ2) is 8.45. The fourth-order valence-corrected chi connectivity index (χ4v) is 2.07. The molecule has 1 rings (SSSR count). The van der Waals surface area contributed by atoms with Crippen LogP contribution in [0.1, 0.15) is 52.0 Å². The summed E-state index contributed by atoms with van der Waals surface area (Å²) in [6.07, 6.45) is 1.24. The molecule has 0 aliphatic heterocycles. The summed E-state index contributed by atoms with van der Waals surface area (Å²) >= 11 is 0. The number of carbonyl (C=O) groups is 2. The quantitative estimate of drug-likeness (QED) is 0.839. The number of hydrogen-bond acceptors (Lipinski definition) is 2. The van der Waals surface area contributed by atoms with Gasteiger partial charge in [0.15, 0.2) is 0 Å². The van der Waals surface area contributed by atoms with Crippen LogP contribution in [0.4, 0.5) is 5.69 Å². The Kier molecular flexibility index (Phi) is 6.92. The highest BCUT2D eigenvalue weighted by Crippen LogP contribution is 2.20. The number of nitrogens with one attached hydrogen (secondary N) is 1. The van der Waals surface area contributed by atoms with Gasteiger partial charge in [-0.3, -0.25) is 9.59 Å². The molecule has 1 aromatic rings. The smallest absolute Gasteiger partial charge is 0.223 e. The lowest BCUT2D eigenvalue weighted by molar-refractivity contribution is -0.121. The van der Waals surface area contributed by atoms with Crippen molar-refractivity contribution in [2.24, 2.45) is 0 Å². The van der Waals surface area contributed by atoms with Crippen molar-refractivity contribution >= 4 is 17.5 Å². The highest BCUT2D eigenvalue weighted by atomic mass is 16.2. The molecule has 0 heterocycles. The summed E-state index contributed by atoms with van der Waals surface area (Å²) in [6.45, 7) is 8.90. The third-order valence-electron chi connectivity index (χ3n) is 3.39. The maximum absolute atomic E-state index is 11.8. The third kappa shape index (κ3) is 5.58. The number of benzene rings is 1. The maximum Gasteiger partial charge on any atom is 0.223 e. The van der Waals surface area contributed by atoms with Crippen molar-refractivity contribution in [3.8, 4) is 0 Å². The molecular formula is C17H26N2O2. The van der Waals surface area contributed by atoms with E-state index in [2.05, 4.69) is 19.2 Å². The Bertz CT molecular complexity index is 466. The Hall–Kier alpha value is -1.84. The molecule has 0 saturated carbocycles. The zero-order valence-corrected chi connectivity index (χ0v) is 13.5. The van der Waals surface area contributed by atoms with E-state index in [0.717, 1.165) is 12.1 Å². The Balaban J connectivity index is 2.69. The number of carbonyl (C=O) groups excluding carboxylic acids is 2. The molecule has 1 N–H and O–H groups in total. The van der Waals surface area contributed by atoms with Gasteiger partial charge in [-0.25, -0.2) is 0 Å². The van der Waals surface area contributed by atoms with E-state index in [1.807, 2.05) is 31.2 Å². The molecule has 4 nitrogen and oxygen atoms in total. The van der Waals surface area contributed by atoms with Gasteiger partial charge in [0, 0.05) is 32.1 Å². The van der Waals surface area contributed by atoms with E-state index in [1.54, 1.807) is 4.90 Å². The molecule has 0 saturated heterocycles. The van der Waals surface area contributed by atoms with Gasteiger partial charge in [0.1, 0.15) is 0 Å². The summed E-state index contributed by atoms with van der Waals surface area (Å²) in [5.41, 5.74) is 2.08. The van der Waals surface area contributed by atoms with Crippen LogP contribution in [-0.4, -0.2) is 24.9 Å². The van der Waals surface area contributed by atoms with Crippen LogP contribution in [0, 0.1) is 0 Å². The van der Waals surface area contributed by atoms with E-state index in [0.29, 0.717) is 25.4 Å². The van der Waals surface area contributed by atoms with Crippen molar-refractivity contribution in [3.05, 3.63) is 29.8 Å². The highest BCUT2D eigenvalue weighted by Gasteiger charge is 2.13. The molecule has 0 spiro atoms. The van der Waals surface area contributed by atoms with E-state index in [9.17, 15) is 9.59 Å².